The topological polar surface area (TPSA) is 56.1 Å². The van der Waals surface area contributed by atoms with Crippen LogP contribution in [-0.2, 0) is 11.2 Å². The minimum absolute atomic E-state index is 0.0452. The van der Waals surface area contributed by atoms with Crippen molar-refractivity contribution in [1.29, 1.82) is 5.26 Å². The van der Waals surface area contributed by atoms with E-state index < -0.39 is 5.54 Å². The third-order valence-corrected chi connectivity index (χ3v) is 7.17. The Hall–Kier alpha value is -1.68. The second kappa shape index (κ2) is 6.56. The fourth-order valence-corrected chi connectivity index (χ4v) is 5.49. The number of amides is 1. The number of nitrogens with zero attached hydrogens (tertiary/aromatic N) is 2. The predicted octanol–water partition coefficient (Wildman–Crippen LogP) is 3.57. The van der Waals surface area contributed by atoms with E-state index in [0.717, 1.165) is 25.8 Å². The minimum atomic E-state index is -0.723. The summed E-state index contributed by atoms with van der Waals surface area (Å²) in [6, 6.07) is 8.87. The van der Waals surface area contributed by atoms with E-state index in [-0.39, 0.29) is 11.9 Å². The maximum absolute atomic E-state index is 12.7. The lowest BCUT2D eigenvalue weighted by Gasteiger charge is -2.35. The van der Waals surface area contributed by atoms with E-state index in [1.807, 2.05) is 18.3 Å². The molecule has 0 radical (unpaired) electrons. The highest BCUT2D eigenvalue weighted by Gasteiger charge is 2.43. The molecule has 1 saturated carbocycles. The van der Waals surface area contributed by atoms with Gasteiger partial charge in [0.1, 0.15) is 5.54 Å². The van der Waals surface area contributed by atoms with E-state index in [2.05, 4.69) is 45.2 Å². The van der Waals surface area contributed by atoms with Crippen LogP contribution in [0, 0.1) is 17.2 Å². The molecule has 0 bridgehead atoms. The molecule has 2 aromatic rings. The molecule has 2 aromatic heterocycles. The lowest BCUT2D eigenvalue weighted by atomic mass is 9.97. The maximum atomic E-state index is 12.7. The number of hydrogen-bond donors (Lipinski definition) is 1. The summed E-state index contributed by atoms with van der Waals surface area (Å²) in [5.41, 5.74) is 0.607. The summed E-state index contributed by atoms with van der Waals surface area (Å²) in [4.78, 5) is 17.6. The monoisotopic (exact) mass is 371 g/mol. The normalized spacial score (nSPS) is 22.6. The number of nitriles is 1. The molecule has 2 aliphatic rings. The molecule has 1 aliphatic heterocycles. The predicted molar refractivity (Wildman–Crippen MR) is 101 cm³/mol. The standard InChI is InChI=1S/C19H21N3OS2/c1-19(12-20,13-4-5-13)21-17(23)11-22-8-6-15-14(7-10-25-15)18(22)16-3-2-9-24-16/h2-3,7,9-10,13,18H,4-6,8,11H2,1H3,(H,21,23). The summed E-state index contributed by atoms with van der Waals surface area (Å²) < 4.78 is 0. The smallest absolute Gasteiger partial charge is 0.235 e. The first-order chi connectivity index (χ1) is 12.1. The first-order valence-corrected chi connectivity index (χ1v) is 10.4. The van der Waals surface area contributed by atoms with E-state index in [1.54, 1.807) is 11.3 Å². The number of hydrogen-bond acceptors (Lipinski definition) is 5. The minimum Gasteiger partial charge on any atom is -0.337 e. The molecule has 1 aliphatic carbocycles. The highest BCUT2D eigenvalue weighted by Crippen LogP contribution is 2.40. The Morgan fingerprint density at radius 1 is 1.40 bits per heavy atom. The van der Waals surface area contributed by atoms with E-state index in [0.29, 0.717) is 12.5 Å². The van der Waals surface area contributed by atoms with E-state index in [1.165, 1.54) is 15.3 Å². The highest BCUT2D eigenvalue weighted by atomic mass is 32.1. The third-order valence-electron chi connectivity index (χ3n) is 5.25. The Balaban J connectivity index is 1.53. The second-order valence-electron chi connectivity index (χ2n) is 7.07. The van der Waals surface area contributed by atoms with Crippen LogP contribution in [0.2, 0.25) is 0 Å². The van der Waals surface area contributed by atoms with Gasteiger partial charge >= 0.3 is 0 Å². The number of thiophene rings is 2. The molecule has 3 heterocycles. The van der Waals surface area contributed by atoms with Gasteiger partial charge in [-0.15, -0.1) is 22.7 Å². The fraction of sp³-hybridized carbons (Fsp3) is 0.474. The van der Waals surface area contributed by atoms with Crippen molar-refractivity contribution < 1.29 is 4.79 Å². The van der Waals surface area contributed by atoms with Crippen molar-refractivity contribution in [2.45, 2.75) is 37.8 Å². The molecule has 0 aromatic carbocycles. The van der Waals surface area contributed by atoms with Crippen molar-refractivity contribution in [3.63, 3.8) is 0 Å². The van der Waals surface area contributed by atoms with Crippen molar-refractivity contribution in [2.24, 2.45) is 5.92 Å². The summed E-state index contributed by atoms with van der Waals surface area (Å²) in [6.45, 7) is 3.06. The van der Waals surface area contributed by atoms with Gasteiger partial charge in [-0.2, -0.15) is 5.26 Å². The molecule has 4 nitrogen and oxygen atoms in total. The van der Waals surface area contributed by atoms with Crippen LogP contribution in [-0.4, -0.2) is 29.4 Å². The average molecular weight is 372 g/mol. The van der Waals surface area contributed by atoms with Gasteiger partial charge in [-0.05, 0) is 60.6 Å². The summed E-state index contributed by atoms with van der Waals surface area (Å²) in [7, 11) is 0. The highest BCUT2D eigenvalue weighted by molar-refractivity contribution is 7.10. The number of carbonyl (C=O) groups is 1. The zero-order chi connectivity index (χ0) is 17.4. The van der Waals surface area contributed by atoms with E-state index in [9.17, 15) is 10.1 Å². The van der Waals surface area contributed by atoms with Crippen molar-refractivity contribution in [1.82, 2.24) is 10.2 Å². The van der Waals surface area contributed by atoms with E-state index >= 15 is 0 Å². The zero-order valence-corrected chi connectivity index (χ0v) is 15.8. The molecule has 25 heavy (non-hydrogen) atoms. The molecule has 1 amide bonds. The van der Waals surface area contributed by atoms with Crippen LogP contribution in [0.4, 0.5) is 0 Å². The summed E-state index contributed by atoms with van der Waals surface area (Å²) in [5.74, 6) is 0.260. The van der Waals surface area contributed by atoms with Crippen molar-refractivity contribution in [2.75, 3.05) is 13.1 Å². The molecule has 2 atom stereocenters. The first-order valence-electron chi connectivity index (χ1n) is 8.67. The fourth-order valence-electron chi connectivity index (χ4n) is 3.71. The van der Waals surface area contributed by atoms with Crippen LogP contribution in [0.5, 0.6) is 0 Å². The molecule has 2 unspecified atom stereocenters. The number of rotatable bonds is 5. The van der Waals surface area contributed by atoms with E-state index in [4.69, 9.17) is 0 Å². The van der Waals surface area contributed by atoms with Gasteiger partial charge in [0, 0.05) is 16.3 Å². The van der Waals surface area contributed by atoms with Gasteiger partial charge in [0.05, 0.1) is 18.7 Å². The zero-order valence-electron chi connectivity index (χ0n) is 14.2. The number of fused-ring (bicyclic) bond motifs is 1. The average Bonchev–Trinajstić information content (AvgIpc) is 3.13. The number of carbonyl (C=O) groups excluding carboxylic acids is 1. The van der Waals surface area contributed by atoms with Crippen molar-refractivity contribution in [3.05, 3.63) is 44.3 Å². The largest absolute Gasteiger partial charge is 0.337 e. The first kappa shape index (κ1) is 16.8. The van der Waals surface area contributed by atoms with Crippen molar-refractivity contribution in [3.8, 4) is 6.07 Å². The van der Waals surface area contributed by atoms with Gasteiger partial charge in [-0.25, -0.2) is 0 Å². The maximum Gasteiger partial charge on any atom is 0.235 e. The van der Waals surface area contributed by atoms with Gasteiger partial charge in [0.25, 0.3) is 0 Å². The Morgan fingerprint density at radius 2 is 2.24 bits per heavy atom. The van der Waals surface area contributed by atoms with Crippen LogP contribution in [0.25, 0.3) is 0 Å². The third kappa shape index (κ3) is 3.24. The lowest BCUT2D eigenvalue weighted by molar-refractivity contribution is -0.124. The van der Waals surface area contributed by atoms with Crippen molar-refractivity contribution >= 4 is 28.6 Å². The number of nitrogens with one attached hydrogen (secondary N) is 1. The van der Waals surface area contributed by atoms with Crippen LogP contribution >= 0.6 is 22.7 Å². The molecular weight excluding hydrogens is 350 g/mol. The van der Waals surface area contributed by atoms with Gasteiger partial charge in [-0.1, -0.05) is 6.07 Å². The van der Waals surface area contributed by atoms with Crippen LogP contribution in [0.15, 0.2) is 29.0 Å². The van der Waals surface area contributed by atoms with Gasteiger partial charge in [0.15, 0.2) is 0 Å². The molecule has 1 N–H and O–H groups in total. The SMILES string of the molecule is CC(C#N)(NC(=O)CN1CCc2sccc2C1c1cccs1)C1CC1. The summed E-state index contributed by atoms with van der Waals surface area (Å²) in [5, 5.41) is 16.7. The molecule has 4 rings (SSSR count). The van der Waals surface area contributed by atoms with Gasteiger partial charge in [-0.3, -0.25) is 9.69 Å². The Labute approximate surface area is 156 Å². The van der Waals surface area contributed by atoms with Crippen LogP contribution in [0.3, 0.4) is 0 Å². The quantitative estimate of drug-likeness (QED) is 0.874. The van der Waals surface area contributed by atoms with Crippen LogP contribution in [0.1, 0.15) is 41.1 Å². The Morgan fingerprint density at radius 3 is 2.92 bits per heavy atom. The van der Waals surface area contributed by atoms with Crippen LogP contribution < -0.4 is 5.32 Å². The van der Waals surface area contributed by atoms with Gasteiger partial charge in [0.2, 0.25) is 5.91 Å². The molecule has 6 heteroatoms. The molecule has 130 valence electrons. The summed E-state index contributed by atoms with van der Waals surface area (Å²) >= 11 is 3.55. The Bertz CT molecular complexity index is 803. The lowest BCUT2D eigenvalue weighted by Crippen LogP contribution is -2.51. The second-order valence-corrected chi connectivity index (χ2v) is 9.05. The van der Waals surface area contributed by atoms with Gasteiger partial charge < -0.3 is 5.32 Å². The Kier molecular flexibility index (Phi) is 4.40. The molecule has 0 spiro atoms. The molecule has 1 fully saturated rings. The molecular formula is C19H21N3OS2. The molecule has 0 saturated heterocycles. The summed E-state index contributed by atoms with van der Waals surface area (Å²) in [6.07, 6.45) is 3.05.